The van der Waals surface area contributed by atoms with E-state index in [0.29, 0.717) is 22.5 Å². The minimum Gasteiger partial charge on any atom is -0.326 e. The van der Waals surface area contributed by atoms with Gasteiger partial charge in [0, 0.05) is 18.1 Å². The molecule has 0 aliphatic heterocycles. The van der Waals surface area contributed by atoms with E-state index in [1.807, 2.05) is 0 Å². The van der Waals surface area contributed by atoms with E-state index in [0.717, 1.165) is 10.7 Å². The van der Waals surface area contributed by atoms with Crippen molar-refractivity contribution in [1.29, 1.82) is 5.26 Å². The summed E-state index contributed by atoms with van der Waals surface area (Å²) >= 11 is 0. The third-order valence-corrected chi connectivity index (χ3v) is 4.09. The Balaban J connectivity index is 1.90. The van der Waals surface area contributed by atoms with Crippen molar-refractivity contribution in [3.8, 4) is 6.07 Å². The molecule has 3 rings (SSSR count). The topological polar surface area (TPSA) is 87.8 Å². The SMILES string of the molecule is Cn1nc(CC(=O)Nc2ccc(C#N)c(C(F)(F)F)c2)c2ccccc2c1=O. The smallest absolute Gasteiger partial charge is 0.326 e. The first-order valence-corrected chi connectivity index (χ1v) is 8.07. The maximum absolute atomic E-state index is 13.1. The van der Waals surface area contributed by atoms with Gasteiger partial charge in [0.05, 0.1) is 34.7 Å². The van der Waals surface area contributed by atoms with Crippen molar-refractivity contribution in [2.45, 2.75) is 12.6 Å². The van der Waals surface area contributed by atoms with Crippen LogP contribution >= 0.6 is 0 Å². The fourth-order valence-electron chi connectivity index (χ4n) is 2.82. The lowest BCUT2D eigenvalue weighted by Crippen LogP contribution is -2.24. The number of aromatic nitrogens is 2. The summed E-state index contributed by atoms with van der Waals surface area (Å²) in [6.07, 6.45) is -4.96. The molecule has 1 amide bonds. The Labute approximate surface area is 156 Å². The van der Waals surface area contributed by atoms with Gasteiger partial charge in [0.25, 0.3) is 5.56 Å². The number of aryl methyl sites for hydroxylation is 1. The number of anilines is 1. The van der Waals surface area contributed by atoms with Crippen LogP contribution in [0.2, 0.25) is 0 Å². The summed E-state index contributed by atoms with van der Waals surface area (Å²) in [4.78, 5) is 24.5. The average Bonchev–Trinajstić information content (AvgIpc) is 2.65. The number of halogens is 3. The van der Waals surface area contributed by atoms with Gasteiger partial charge in [-0.25, -0.2) is 4.68 Å². The van der Waals surface area contributed by atoms with Gasteiger partial charge in [-0.2, -0.15) is 23.5 Å². The van der Waals surface area contributed by atoms with Gasteiger partial charge in [-0.15, -0.1) is 0 Å². The second-order valence-electron chi connectivity index (χ2n) is 6.02. The van der Waals surface area contributed by atoms with Gasteiger partial charge in [0.1, 0.15) is 0 Å². The molecule has 0 atom stereocenters. The predicted molar refractivity (Wildman–Crippen MR) is 95.5 cm³/mol. The summed E-state index contributed by atoms with van der Waals surface area (Å²) in [5, 5.41) is 16.2. The zero-order valence-electron chi connectivity index (χ0n) is 14.5. The highest BCUT2D eigenvalue weighted by Crippen LogP contribution is 2.33. The molecule has 0 bridgehead atoms. The quantitative estimate of drug-likeness (QED) is 0.750. The van der Waals surface area contributed by atoms with E-state index in [1.54, 1.807) is 24.3 Å². The molecule has 0 unspecified atom stereocenters. The fourth-order valence-corrected chi connectivity index (χ4v) is 2.82. The van der Waals surface area contributed by atoms with Gasteiger partial charge in [0.15, 0.2) is 0 Å². The van der Waals surface area contributed by atoms with Crippen molar-refractivity contribution in [3.63, 3.8) is 0 Å². The first-order valence-electron chi connectivity index (χ1n) is 8.07. The Morgan fingerprint density at radius 2 is 1.89 bits per heavy atom. The molecule has 3 aromatic rings. The molecule has 1 N–H and O–H groups in total. The number of benzene rings is 2. The molecule has 0 saturated heterocycles. The van der Waals surface area contributed by atoms with Crippen molar-refractivity contribution in [2.24, 2.45) is 7.05 Å². The molecule has 1 aromatic heterocycles. The van der Waals surface area contributed by atoms with Crippen LogP contribution in [0.4, 0.5) is 18.9 Å². The number of carbonyl (C=O) groups excluding carboxylic acids is 1. The molecular weight excluding hydrogens is 373 g/mol. The van der Waals surface area contributed by atoms with Crippen LogP contribution in [-0.4, -0.2) is 15.7 Å². The van der Waals surface area contributed by atoms with E-state index in [1.165, 1.54) is 19.2 Å². The molecule has 2 aromatic carbocycles. The summed E-state index contributed by atoms with van der Waals surface area (Å²) < 4.78 is 40.3. The predicted octanol–water partition coefficient (Wildman–Crippen LogP) is 3.01. The summed E-state index contributed by atoms with van der Waals surface area (Å²) in [6.45, 7) is 0. The van der Waals surface area contributed by atoms with Crippen molar-refractivity contribution >= 4 is 22.4 Å². The van der Waals surface area contributed by atoms with Gasteiger partial charge < -0.3 is 5.32 Å². The van der Waals surface area contributed by atoms with E-state index in [-0.39, 0.29) is 17.7 Å². The molecule has 9 heteroatoms. The van der Waals surface area contributed by atoms with Crippen LogP contribution in [0, 0.1) is 11.3 Å². The normalized spacial score (nSPS) is 11.2. The van der Waals surface area contributed by atoms with E-state index >= 15 is 0 Å². The standard InChI is InChI=1S/C19H13F3N4O2/c1-26-18(28)14-5-3-2-4-13(14)16(25-26)9-17(27)24-12-7-6-11(10-23)15(8-12)19(20,21)22/h2-8H,9H2,1H3,(H,24,27). The number of rotatable bonds is 3. The van der Waals surface area contributed by atoms with Crippen molar-refractivity contribution in [2.75, 3.05) is 5.32 Å². The lowest BCUT2D eigenvalue weighted by Gasteiger charge is -2.12. The molecule has 0 aliphatic rings. The summed E-state index contributed by atoms with van der Waals surface area (Å²) in [7, 11) is 1.45. The molecule has 0 aliphatic carbocycles. The zero-order valence-corrected chi connectivity index (χ0v) is 14.5. The number of nitriles is 1. The lowest BCUT2D eigenvalue weighted by atomic mass is 10.1. The van der Waals surface area contributed by atoms with Gasteiger partial charge in [0.2, 0.25) is 5.91 Å². The molecular formula is C19H13F3N4O2. The van der Waals surface area contributed by atoms with Crippen molar-refractivity contribution in [1.82, 2.24) is 9.78 Å². The summed E-state index contributed by atoms with van der Waals surface area (Å²) in [5.41, 5.74) is -1.75. The Morgan fingerprint density at radius 3 is 2.54 bits per heavy atom. The highest BCUT2D eigenvalue weighted by molar-refractivity contribution is 5.95. The number of carbonyl (C=O) groups is 1. The Kier molecular flexibility index (Phi) is 4.88. The van der Waals surface area contributed by atoms with Gasteiger partial charge in [-0.3, -0.25) is 9.59 Å². The number of hydrogen-bond donors (Lipinski definition) is 1. The number of alkyl halides is 3. The number of nitrogens with one attached hydrogen (secondary N) is 1. The zero-order chi connectivity index (χ0) is 20.5. The molecule has 6 nitrogen and oxygen atoms in total. The first-order chi connectivity index (χ1) is 13.2. The van der Waals surface area contributed by atoms with Crippen LogP contribution in [0.1, 0.15) is 16.8 Å². The molecule has 1 heterocycles. The van der Waals surface area contributed by atoms with Gasteiger partial charge in [-0.05, 0) is 24.3 Å². The molecule has 0 fully saturated rings. The molecule has 28 heavy (non-hydrogen) atoms. The molecule has 142 valence electrons. The van der Waals surface area contributed by atoms with Crippen LogP contribution in [-0.2, 0) is 24.4 Å². The summed E-state index contributed by atoms with van der Waals surface area (Å²) in [6, 6.07) is 11.0. The fraction of sp³-hybridized carbons (Fsp3) is 0.158. The van der Waals surface area contributed by atoms with Crippen molar-refractivity contribution in [3.05, 3.63) is 69.6 Å². The van der Waals surface area contributed by atoms with E-state index in [4.69, 9.17) is 5.26 Å². The molecule has 0 saturated carbocycles. The molecule has 0 radical (unpaired) electrons. The second-order valence-corrected chi connectivity index (χ2v) is 6.02. The minimum atomic E-state index is -4.72. The monoisotopic (exact) mass is 386 g/mol. The average molecular weight is 386 g/mol. The number of hydrogen-bond acceptors (Lipinski definition) is 4. The Morgan fingerprint density at radius 1 is 1.21 bits per heavy atom. The highest BCUT2D eigenvalue weighted by Gasteiger charge is 2.34. The van der Waals surface area contributed by atoms with E-state index in [2.05, 4.69) is 10.4 Å². The van der Waals surface area contributed by atoms with Crippen molar-refractivity contribution < 1.29 is 18.0 Å². The third kappa shape index (κ3) is 3.71. The maximum Gasteiger partial charge on any atom is 0.417 e. The van der Waals surface area contributed by atoms with Crippen LogP contribution in [0.3, 0.4) is 0 Å². The van der Waals surface area contributed by atoms with E-state index in [9.17, 15) is 22.8 Å². The lowest BCUT2D eigenvalue weighted by molar-refractivity contribution is -0.137. The maximum atomic E-state index is 13.1. The van der Waals surface area contributed by atoms with Gasteiger partial charge >= 0.3 is 6.18 Å². The third-order valence-electron chi connectivity index (χ3n) is 4.09. The minimum absolute atomic E-state index is 0.0922. The van der Waals surface area contributed by atoms with Crippen LogP contribution in [0.25, 0.3) is 10.8 Å². The number of fused-ring (bicyclic) bond motifs is 1. The highest BCUT2D eigenvalue weighted by atomic mass is 19.4. The first kappa shape index (κ1) is 19.1. The molecule has 0 spiro atoms. The second kappa shape index (κ2) is 7.15. The summed E-state index contributed by atoms with van der Waals surface area (Å²) in [5.74, 6) is -0.603. The Bertz CT molecular complexity index is 1180. The van der Waals surface area contributed by atoms with Crippen LogP contribution in [0.15, 0.2) is 47.3 Å². The van der Waals surface area contributed by atoms with Gasteiger partial charge in [-0.1, -0.05) is 18.2 Å². The van der Waals surface area contributed by atoms with Crippen LogP contribution in [0.5, 0.6) is 0 Å². The Hall–Kier alpha value is -3.67. The largest absolute Gasteiger partial charge is 0.417 e. The van der Waals surface area contributed by atoms with Crippen LogP contribution < -0.4 is 10.9 Å². The number of nitrogens with zero attached hydrogens (tertiary/aromatic N) is 3. The number of amides is 1. The van der Waals surface area contributed by atoms with E-state index < -0.39 is 23.2 Å².